The summed E-state index contributed by atoms with van der Waals surface area (Å²) < 4.78 is 9.88. The van der Waals surface area contributed by atoms with E-state index >= 15 is 0 Å². The van der Waals surface area contributed by atoms with Gasteiger partial charge in [-0.1, -0.05) is 30.9 Å². The topological polar surface area (TPSA) is 55.8 Å². The highest BCUT2D eigenvalue weighted by Crippen LogP contribution is 2.26. The molecule has 0 atom stereocenters. The van der Waals surface area contributed by atoms with Gasteiger partial charge in [-0.15, -0.1) is 0 Å². The Labute approximate surface area is 141 Å². The number of aryl methyl sites for hydroxylation is 1. The van der Waals surface area contributed by atoms with Gasteiger partial charge in [-0.2, -0.15) is 0 Å². The number of allylic oxidation sites excluding steroid dienone is 1. The fourth-order valence-corrected chi connectivity index (χ4v) is 2.74. The lowest BCUT2D eigenvalue weighted by Gasteiger charge is -2.18. The third-order valence-corrected chi connectivity index (χ3v) is 3.87. The van der Waals surface area contributed by atoms with Crippen molar-refractivity contribution in [2.24, 2.45) is 0 Å². The number of rotatable bonds is 5. The molecule has 1 aliphatic rings. The van der Waals surface area contributed by atoms with Crippen LogP contribution in [0.2, 0.25) is 0 Å². The maximum absolute atomic E-state index is 12.0. The number of hydrogen-bond donors (Lipinski definition) is 0. The van der Waals surface area contributed by atoms with E-state index in [9.17, 15) is 9.59 Å². The summed E-state index contributed by atoms with van der Waals surface area (Å²) in [6, 6.07) is 4.03. The lowest BCUT2D eigenvalue weighted by molar-refractivity contribution is -0.132. The molecule has 5 heteroatoms. The first-order chi connectivity index (χ1) is 11.3. The fraction of sp³-hybridized carbons (Fsp3) is 0.263. The molecule has 1 aromatic carbocycles. The highest BCUT2D eigenvalue weighted by Gasteiger charge is 2.28. The molecule has 126 valence electrons. The Morgan fingerprint density at radius 1 is 1.42 bits per heavy atom. The smallest absolute Gasteiger partial charge is 0.415 e. The van der Waals surface area contributed by atoms with Crippen LogP contribution in [0.15, 0.2) is 43.4 Å². The van der Waals surface area contributed by atoms with E-state index in [4.69, 9.17) is 9.47 Å². The van der Waals surface area contributed by atoms with Crippen LogP contribution in [0.25, 0.3) is 5.57 Å². The molecule has 0 N–H and O–H groups in total. The van der Waals surface area contributed by atoms with E-state index in [-0.39, 0.29) is 6.54 Å². The van der Waals surface area contributed by atoms with Crippen LogP contribution in [0.3, 0.4) is 0 Å². The van der Waals surface area contributed by atoms with Crippen molar-refractivity contribution in [3.63, 3.8) is 0 Å². The molecule has 1 aromatic rings. The summed E-state index contributed by atoms with van der Waals surface area (Å²) >= 11 is 0. The molecule has 0 radical (unpaired) electrons. The first-order valence-corrected chi connectivity index (χ1v) is 7.57. The number of nitrogens with zero attached hydrogens (tertiary/aromatic N) is 1. The molecule has 5 nitrogen and oxygen atoms in total. The van der Waals surface area contributed by atoms with Crippen molar-refractivity contribution in [3.05, 3.63) is 65.6 Å². The molecule has 1 heterocycles. The summed E-state index contributed by atoms with van der Waals surface area (Å²) in [6.45, 7) is 14.0. The van der Waals surface area contributed by atoms with Gasteiger partial charge in [0, 0.05) is 12.6 Å². The van der Waals surface area contributed by atoms with Crippen LogP contribution in [0.4, 0.5) is 4.79 Å². The number of carbonyl (C=O) groups excluding carboxylic acids is 2. The van der Waals surface area contributed by atoms with Crippen molar-refractivity contribution in [2.75, 3.05) is 6.54 Å². The van der Waals surface area contributed by atoms with Crippen molar-refractivity contribution in [1.29, 1.82) is 0 Å². The summed E-state index contributed by atoms with van der Waals surface area (Å²) in [5, 5.41) is 0. The van der Waals surface area contributed by atoms with E-state index in [1.807, 2.05) is 32.9 Å². The van der Waals surface area contributed by atoms with Gasteiger partial charge in [0.1, 0.15) is 6.26 Å². The quantitative estimate of drug-likeness (QED) is 0.468. The molecule has 1 fully saturated rings. The van der Waals surface area contributed by atoms with Crippen LogP contribution >= 0.6 is 0 Å². The summed E-state index contributed by atoms with van der Waals surface area (Å²) in [6.07, 6.45) is 1.72. The van der Waals surface area contributed by atoms with Gasteiger partial charge in [-0.25, -0.2) is 9.59 Å². The van der Waals surface area contributed by atoms with Crippen LogP contribution < -0.4 is 0 Å². The van der Waals surface area contributed by atoms with Crippen molar-refractivity contribution in [1.82, 2.24) is 4.90 Å². The highest BCUT2D eigenvalue weighted by atomic mass is 16.6. The maximum Gasteiger partial charge on any atom is 0.415 e. The van der Waals surface area contributed by atoms with Crippen molar-refractivity contribution in [2.45, 2.75) is 27.3 Å². The average molecular weight is 327 g/mol. The number of esters is 1. The predicted molar refractivity (Wildman–Crippen MR) is 91.9 cm³/mol. The first-order valence-electron chi connectivity index (χ1n) is 7.57. The predicted octanol–water partition coefficient (Wildman–Crippen LogP) is 3.86. The van der Waals surface area contributed by atoms with Gasteiger partial charge in [0.15, 0.2) is 5.76 Å². The molecule has 1 aliphatic heterocycles. The van der Waals surface area contributed by atoms with Gasteiger partial charge in [0.25, 0.3) is 0 Å². The van der Waals surface area contributed by atoms with Gasteiger partial charge < -0.3 is 9.47 Å². The first kappa shape index (κ1) is 17.5. The van der Waals surface area contributed by atoms with E-state index in [0.29, 0.717) is 12.3 Å². The number of benzene rings is 1. The van der Waals surface area contributed by atoms with Crippen LogP contribution in [-0.2, 0) is 20.8 Å². The van der Waals surface area contributed by atoms with Crippen LogP contribution in [-0.4, -0.2) is 23.5 Å². The molecular formula is C19H21NO4. The van der Waals surface area contributed by atoms with Crippen molar-refractivity contribution < 1.29 is 19.1 Å². The van der Waals surface area contributed by atoms with E-state index in [2.05, 4.69) is 13.2 Å². The summed E-state index contributed by atoms with van der Waals surface area (Å²) in [5.41, 5.74) is 5.40. The van der Waals surface area contributed by atoms with Gasteiger partial charge in [-0.05, 0) is 43.0 Å². The lowest BCUT2D eigenvalue weighted by Crippen LogP contribution is -2.24. The van der Waals surface area contributed by atoms with Crippen molar-refractivity contribution >= 4 is 17.6 Å². The number of hydrogen-bond acceptors (Lipinski definition) is 4. The third-order valence-electron chi connectivity index (χ3n) is 3.87. The largest absolute Gasteiger partial charge is 0.428 e. The Hall–Kier alpha value is -2.82. The molecule has 0 aliphatic carbocycles. The number of amides is 1. The van der Waals surface area contributed by atoms with Gasteiger partial charge >= 0.3 is 12.1 Å². The van der Waals surface area contributed by atoms with E-state index < -0.39 is 12.1 Å². The monoisotopic (exact) mass is 327 g/mol. The molecule has 0 bridgehead atoms. The van der Waals surface area contributed by atoms with Gasteiger partial charge in [0.05, 0.1) is 6.54 Å². The fourth-order valence-electron chi connectivity index (χ4n) is 2.74. The zero-order valence-corrected chi connectivity index (χ0v) is 14.2. The number of cyclic esters (lactones) is 1. The minimum atomic E-state index is -0.600. The standard InChI is InChI=1S/C19H21NO4/c1-6-17(21)23-11-16-10-20(19(22)24-16)9-15-8-7-13(4)18(12(2)3)14(15)5/h6-8,11H,1-2,9-10H2,3-5H3/b16-11+. The van der Waals surface area contributed by atoms with Gasteiger partial charge in [0.2, 0.25) is 0 Å². The Morgan fingerprint density at radius 2 is 2.12 bits per heavy atom. The summed E-state index contributed by atoms with van der Waals surface area (Å²) in [4.78, 5) is 24.6. The molecule has 0 spiro atoms. The van der Waals surface area contributed by atoms with Crippen LogP contribution in [0.5, 0.6) is 0 Å². The summed E-state index contributed by atoms with van der Waals surface area (Å²) in [5.74, 6) is -0.308. The Morgan fingerprint density at radius 3 is 2.75 bits per heavy atom. The second-order valence-corrected chi connectivity index (χ2v) is 5.77. The van der Waals surface area contributed by atoms with E-state index in [1.54, 1.807) is 4.90 Å². The van der Waals surface area contributed by atoms with Crippen LogP contribution in [0.1, 0.15) is 29.2 Å². The minimum Gasteiger partial charge on any atom is -0.428 e. The molecule has 0 saturated carbocycles. The normalized spacial score (nSPS) is 15.4. The molecule has 2 rings (SSSR count). The zero-order valence-electron chi connectivity index (χ0n) is 14.2. The van der Waals surface area contributed by atoms with Crippen molar-refractivity contribution in [3.8, 4) is 0 Å². The third kappa shape index (κ3) is 3.74. The maximum atomic E-state index is 12.0. The van der Waals surface area contributed by atoms with Crippen LogP contribution in [0, 0.1) is 13.8 Å². The molecule has 24 heavy (non-hydrogen) atoms. The highest BCUT2D eigenvalue weighted by molar-refractivity contribution is 5.81. The molecular weight excluding hydrogens is 306 g/mol. The van der Waals surface area contributed by atoms with E-state index in [0.717, 1.165) is 40.2 Å². The zero-order chi connectivity index (χ0) is 17.9. The Bertz CT molecular complexity index is 746. The Balaban J connectivity index is 2.16. The minimum absolute atomic E-state index is 0.249. The second-order valence-electron chi connectivity index (χ2n) is 5.77. The lowest BCUT2D eigenvalue weighted by atomic mass is 9.93. The number of carbonyl (C=O) groups is 2. The number of ether oxygens (including phenoxy) is 2. The average Bonchev–Trinajstić information content (AvgIpc) is 2.87. The van der Waals surface area contributed by atoms with E-state index in [1.165, 1.54) is 0 Å². The van der Waals surface area contributed by atoms with Gasteiger partial charge in [-0.3, -0.25) is 4.90 Å². The summed E-state index contributed by atoms with van der Waals surface area (Å²) in [7, 11) is 0. The molecule has 1 amide bonds. The molecule has 0 aromatic heterocycles. The Kier molecular flexibility index (Phi) is 5.24. The molecule has 0 unspecified atom stereocenters. The molecule has 1 saturated heterocycles. The SMILES string of the molecule is C=CC(=O)O/C=C1\CN(Cc2ccc(C)c(C(=C)C)c2C)C(=O)O1. The second kappa shape index (κ2) is 7.17.